The highest BCUT2D eigenvalue weighted by Gasteiger charge is 2.48. The van der Waals surface area contributed by atoms with Crippen LogP contribution in [-0.2, 0) is 28.5 Å². The first-order chi connectivity index (χ1) is 13.4. The lowest BCUT2D eigenvalue weighted by Gasteiger charge is -2.48. The number of rotatable bonds is 11. The summed E-state index contributed by atoms with van der Waals surface area (Å²) >= 11 is 0. The number of likely N-dealkylation sites (N-methyl/N-ethyl adjacent to an activating group) is 1. The maximum Gasteiger partial charge on any atom is 0.316 e. The zero-order valence-corrected chi connectivity index (χ0v) is 18.0. The Morgan fingerprint density at radius 3 is 2.36 bits per heavy atom. The number of Topliss-reactive ketones (excluding diaryl/α,β-unsaturated/α-hetero) is 1. The molecule has 0 aromatic rings. The van der Waals surface area contributed by atoms with Crippen molar-refractivity contribution < 1.29 is 28.5 Å². The number of methoxy groups -OCH3 is 1. The van der Waals surface area contributed by atoms with E-state index in [9.17, 15) is 9.59 Å². The predicted molar refractivity (Wildman–Crippen MR) is 105 cm³/mol. The lowest BCUT2D eigenvalue weighted by Crippen LogP contribution is -2.56. The highest BCUT2D eigenvalue weighted by Crippen LogP contribution is 2.43. The van der Waals surface area contributed by atoms with Gasteiger partial charge in [0, 0.05) is 26.4 Å². The number of carbonyl (C=O) groups excluding carboxylic acids is 2. The molecule has 0 aromatic carbocycles. The third-order valence-electron chi connectivity index (χ3n) is 6.29. The molecule has 2 rings (SSSR count). The Labute approximate surface area is 169 Å². The number of ether oxygens (including phenoxy) is 4. The van der Waals surface area contributed by atoms with Gasteiger partial charge in [0.05, 0.1) is 25.4 Å². The summed E-state index contributed by atoms with van der Waals surface area (Å²) in [5.41, 5.74) is -0.235. The lowest BCUT2D eigenvalue weighted by atomic mass is 9.77. The van der Waals surface area contributed by atoms with E-state index in [1.54, 1.807) is 14.0 Å². The van der Waals surface area contributed by atoms with Crippen molar-refractivity contribution in [1.82, 2.24) is 4.90 Å². The first kappa shape index (κ1) is 23.3. The van der Waals surface area contributed by atoms with Crippen molar-refractivity contribution >= 4 is 11.8 Å². The molecule has 0 aromatic heterocycles. The Balaban J connectivity index is 1.98. The third-order valence-corrected chi connectivity index (χ3v) is 6.29. The van der Waals surface area contributed by atoms with Crippen molar-refractivity contribution in [2.75, 3.05) is 47.1 Å². The van der Waals surface area contributed by atoms with E-state index in [1.807, 2.05) is 0 Å². The Morgan fingerprint density at radius 2 is 1.79 bits per heavy atom. The molecule has 0 N–H and O–H groups in total. The number of nitrogens with zero attached hydrogens (tertiary/aromatic N) is 1. The molecule has 2 fully saturated rings. The van der Waals surface area contributed by atoms with Gasteiger partial charge in [0.2, 0.25) is 0 Å². The van der Waals surface area contributed by atoms with E-state index in [0.29, 0.717) is 26.4 Å². The fraction of sp³-hybridized carbons (Fsp3) is 0.905. The van der Waals surface area contributed by atoms with E-state index in [4.69, 9.17) is 18.9 Å². The van der Waals surface area contributed by atoms with E-state index >= 15 is 0 Å². The topological polar surface area (TPSA) is 74.3 Å². The highest BCUT2D eigenvalue weighted by atomic mass is 16.7. The summed E-state index contributed by atoms with van der Waals surface area (Å²) in [6, 6.07) is 0. The van der Waals surface area contributed by atoms with Crippen LogP contribution in [0.4, 0.5) is 0 Å². The molecule has 1 saturated heterocycles. The molecular formula is C21H37NO6. The van der Waals surface area contributed by atoms with Crippen LogP contribution >= 0.6 is 0 Å². The van der Waals surface area contributed by atoms with Crippen LogP contribution in [0.15, 0.2) is 0 Å². The molecule has 0 bridgehead atoms. The van der Waals surface area contributed by atoms with Crippen LogP contribution in [0.5, 0.6) is 0 Å². The second-order valence-electron chi connectivity index (χ2n) is 8.15. The predicted octanol–water partition coefficient (Wildman–Crippen LogP) is 2.56. The molecule has 1 spiro atoms. The smallest absolute Gasteiger partial charge is 0.316 e. The summed E-state index contributed by atoms with van der Waals surface area (Å²) < 4.78 is 22.3. The molecular weight excluding hydrogens is 362 g/mol. The Morgan fingerprint density at radius 1 is 1.14 bits per heavy atom. The quantitative estimate of drug-likeness (QED) is 0.390. The van der Waals surface area contributed by atoms with Gasteiger partial charge in [-0.3, -0.25) is 14.5 Å². The maximum absolute atomic E-state index is 12.5. The van der Waals surface area contributed by atoms with Gasteiger partial charge >= 0.3 is 5.97 Å². The second-order valence-corrected chi connectivity index (χ2v) is 8.15. The van der Waals surface area contributed by atoms with Crippen molar-refractivity contribution in [3.63, 3.8) is 0 Å². The molecule has 7 heteroatoms. The molecule has 2 aliphatic rings. The Hall–Kier alpha value is -1.02. The van der Waals surface area contributed by atoms with Crippen molar-refractivity contribution in [2.45, 2.75) is 70.1 Å². The molecule has 0 radical (unpaired) electrons. The lowest BCUT2D eigenvalue weighted by molar-refractivity contribution is -0.199. The van der Waals surface area contributed by atoms with Crippen LogP contribution < -0.4 is 0 Å². The molecule has 162 valence electrons. The van der Waals surface area contributed by atoms with Gasteiger partial charge in [-0.1, -0.05) is 13.3 Å². The third kappa shape index (κ3) is 5.75. The van der Waals surface area contributed by atoms with Gasteiger partial charge in [-0.2, -0.15) is 0 Å². The Bertz CT molecular complexity index is 507. The first-order valence-corrected chi connectivity index (χ1v) is 10.6. The van der Waals surface area contributed by atoms with Crippen molar-refractivity contribution in [2.24, 2.45) is 5.92 Å². The van der Waals surface area contributed by atoms with Crippen LogP contribution in [0.1, 0.15) is 58.8 Å². The number of hydrogen-bond acceptors (Lipinski definition) is 7. The van der Waals surface area contributed by atoms with Crippen LogP contribution in [0.25, 0.3) is 0 Å². The SMILES string of the molecule is CCCCN(C)C1(COC(=O)C(C)C(=O)CCOC)CCC2(CC1)OCCO2. The summed E-state index contributed by atoms with van der Waals surface area (Å²) in [6.07, 6.45) is 5.70. The largest absolute Gasteiger partial charge is 0.463 e. The van der Waals surface area contributed by atoms with E-state index in [0.717, 1.165) is 45.1 Å². The van der Waals surface area contributed by atoms with E-state index < -0.39 is 17.7 Å². The van der Waals surface area contributed by atoms with Gasteiger partial charge < -0.3 is 18.9 Å². The number of esters is 1. The monoisotopic (exact) mass is 399 g/mol. The zero-order chi connectivity index (χ0) is 20.6. The van der Waals surface area contributed by atoms with Crippen LogP contribution in [0, 0.1) is 5.92 Å². The first-order valence-electron chi connectivity index (χ1n) is 10.6. The van der Waals surface area contributed by atoms with Gasteiger partial charge in [0.25, 0.3) is 0 Å². The molecule has 7 nitrogen and oxygen atoms in total. The molecule has 1 unspecified atom stereocenters. The minimum Gasteiger partial charge on any atom is -0.463 e. The van der Waals surface area contributed by atoms with E-state index in [1.165, 1.54) is 0 Å². The molecule has 1 heterocycles. The minimum atomic E-state index is -0.760. The minimum absolute atomic E-state index is 0.143. The zero-order valence-electron chi connectivity index (χ0n) is 18.0. The number of unbranched alkanes of at least 4 members (excludes halogenated alkanes) is 1. The number of carbonyl (C=O) groups is 2. The fourth-order valence-electron chi connectivity index (χ4n) is 4.03. The van der Waals surface area contributed by atoms with Crippen molar-refractivity contribution in [1.29, 1.82) is 0 Å². The summed E-state index contributed by atoms with van der Waals surface area (Å²) in [5, 5.41) is 0. The highest BCUT2D eigenvalue weighted by molar-refractivity contribution is 5.98. The van der Waals surface area contributed by atoms with Gasteiger partial charge in [-0.25, -0.2) is 0 Å². The van der Waals surface area contributed by atoms with Gasteiger partial charge in [0.1, 0.15) is 18.3 Å². The van der Waals surface area contributed by atoms with E-state index in [-0.39, 0.29) is 17.7 Å². The second kappa shape index (κ2) is 10.7. The summed E-state index contributed by atoms with van der Waals surface area (Å²) in [5.74, 6) is -1.80. The number of ketones is 1. The van der Waals surface area contributed by atoms with Crippen LogP contribution in [-0.4, -0.2) is 75.1 Å². The van der Waals surface area contributed by atoms with E-state index in [2.05, 4.69) is 18.9 Å². The standard InChI is InChI=1S/C21H37NO6/c1-5-6-12-22(3)20(8-10-21(11-9-20)27-14-15-28-21)16-26-19(24)17(2)18(23)7-13-25-4/h17H,5-16H2,1-4H3. The normalized spacial score (nSPS) is 21.8. The molecule has 0 amide bonds. The molecule has 1 saturated carbocycles. The summed E-state index contributed by atoms with van der Waals surface area (Å²) in [6.45, 7) is 6.65. The summed E-state index contributed by atoms with van der Waals surface area (Å²) in [7, 11) is 3.64. The van der Waals surface area contributed by atoms with Gasteiger partial charge in [-0.15, -0.1) is 0 Å². The molecule has 1 atom stereocenters. The summed E-state index contributed by atoms with van der Waals surface area (Å²) in [4.78, 5) is 26.9. The molecule has 28 heavy (non-hydrogen) atoms. The van der Waals surface area contributed by atoms with Crippen molar-refractivity contribution in [3.05, 3.63) is 0 Å². The van der Waals surface area contributed by atoms with Crippen molar-refractivity contribution in [3.8, 4) is 0 Å². The average Bonchev–Trinajstić information content (AvgIpc) is 3.17. The Kier molecular flexibility index (Phi) is 8.86. The molecule has 1 aliphatic carbocycles. The van der Waals surface area contributed by atoms with Crippen LogP contribution in [0.2, 0.25) is 0 Å². The van der Waals surface area contributed by atoms with Gasteiger partial charge in [-0.05, 0) is 39.8 Å². The maximum atomic E-state index is 12.5. The number of hydrogen-bond donors (Lipinski definition) is 0. The van der Waals surface area contributed by atoms with Crippen LogP contribution in [0.3, 0.4) is 0 Å². The fourth-order valence-corrected chi connectivity index (χ4v) is 4.03. The molecule has 1 aliphatic heterocycles. The average molecular weight is 400 g/mol. The van der Waals surface area contributed by atoms with Gasteiger partial charge in [0.15, 0.2) is 5.79 Å².